The minimum atomic E-state index is -1.41. The van der Waals surface area contributed by atoms with Crippen LogP contribution in [0.5, 0.6) is 0 Å². The van der Waals surface area contributed by atoms with Gasteiger partial charge in [-0.3, -0.25) is 9.59 Å². The van der Waals surface area contributed by atoms with Crippen LogP contribution in [0.1, 0.15) is 28.6 Å². The fourth-order valence-corrected chi connectivity index (χ4v) is 2.99. The molecule has 156 valence electrons. The number of carbonyl (C=O) groups excluding carboxylic acids is 2. The van der Waals surface area contributed by atoms with Gasteiger partial charge in [0.25, 0.3) is 5.91 Å². The lowest BCUT2D eigenvalue weighted by molar-refractivity contribution is -0.124. The molecule has 0 unspecified atom stereocenters. The van der Waals surface area contributed by atoms with E-state index in [4.69, 9.17) is 4.42 Å². The van der Waals surface area contributed by atoms with Crippen molar-refractivity contribution in [3.05, 3.63) is 95.7 Å². The Balaban J connectivity index is 1.70. The van der Waals surface area contributed by atoms with E-state index < -0.39 is 29.3 Å². The Morgan fingerprint density at radius 1 is 1.07 bits per heavy atom. The SMILES string of the molecule is C[C@](O)(CNC(=O)[C@@H](Cc1ccccc1)NC(=O)c1ccco1)c1ccc(F)cc1. The van der Waals surface area contributed by atoms with E-state index >= 15 is 0 Å². The Bertz CT molecular complexity index is 970. The molecular weight excluding hydrogens is 387 g/mol. The number of nitrogens with one attached hydrogen (secondary N) is 2. The van der Waals surface area contributed by atoms with E-state index in [1.54, 1.807) is 6.07 Å². The highest BCUT2D eigenvalue weighted by molar-refractivity contribution is 5.95. The molecule has 0 spiro atoms. The highest BCUT2D eigenvalue weighted by Gasteiger charge is 2.28. The first-order valence-corrected chi connectivity index (χ1v) is 9.49. The first-order valence-electron chi connectivity index (χ1n) is 9.49. The first-order chi connectivity index (χ1) is 14.3. The third-order valence-electron chi connectivity index (χ3n) is 4.72. The van der Waals surface area contributed by atoms with Gasteiger partial charge in [0, 0.05) is 6.42 Å². The van der Waals surface area contributed by atoms with Crippen LogP contribution in [-0.4, -0.2) is 29.5 Å². The fraction of sp³-hybridized carbons (Fsp3) is 0.217. The first kappa shape index (κ1) is 21.3. The summed E-state index contributed by atoms with van der Waals surface area (Å²) < 4.78 is 18.2. The molecule has 3 rings (SSSR count). The van der Waals surface area contributed by atoms with Gasteiger partial charge >= 0.3 is 0 Å². The summed E-state index contributed by atoms with van der Waals surface area (Å²) in [4.78, 5) is 25.3. The molecule has 1 heterocycles. The molecule has 0 saturated carbocycles. The summed E-state index contributed by atoms with van der Waals surface area (Å²) >= 11 is 0. The Hall–Kier alpha value is -3.45. The van der Waals surface area contributed by atoms with Gasteiger partial charge in [-0.15, -0.1) is 0 Å². The molecule has 0 fully saturated rings. The molecule has 6 nitrogen and oxygen atoms in total. The molecular formula is C23H23FN2O4. The van der Waals surface area contributed by atoms with E-state index in [1.165, 1.54) is 43.5 Å². The van der Waals surface area contributed by atoms with Gasteiger partial charge in [0.15, 0.2) is 5.76 Å². The molecule has 1 aromatic heterocycles. The molecule has 2 atom stereocenters. The minimum absolute atomic E-state index is 0.0965. The summed E-state index contributed by atoms with van der Waals surface area (Å²) in [5.74, 6) is -1.29. The van der Waals surface area contributed by atoms with Crippen molar-refractivity contribution < 1.29 is 23.5 Å². The van der Waals surface area contributed by atoms with Crippen LogP contribution in [0.25, 0.3) is 0 Å². The monoisotopic (exact) mass is 410 g/mol. The number of carbonyl (C=O) groups is 2. The molecule has 2 aromatic carbocycles. The van der Waals surface area contributed by atoms with Gasteiger partial charge in [0.05, 0.1) is 12.8 Å². The maximum atomic E-state index is 13.1. The number of hydrogen-bond donors (Lipinski definition) is 3. The number of rotatable bonds is 8. The maximum Gasteiger partial charge on any atom is 0.287 e. The van der Waals surface area contributed by atoms with Crippen LogP contribution in [0.3, 0.4) is 0 Å². The van der Waals surface area contributed by atoms with Gasteiger partial charge in [-0.2, -0.15) is 0 Å². The maximum absolute atomic E-state index is 13.1. The summed E-state index contributed by atoms with van der Waals surface area (Å²) in [6.45, 7) is 1.41. The quantitative estimate of drug-likeness (QED) is 0.533. The van der Waals surface area contributed by atoms with Crippen molar-refractivity contribution in [2.75, 3.05) is 6.54 Å². The van der Waals surface area contributed by atoms with Crippen molar-refractivity contribution in [3.63, 3.8) is 0 Å². The zero-order chi connectivity index (χ0) is 21.6. The predicted octanol–water partition coefficient (Wildman–Crippen LogP) is 2.78. The lowest BCUT2D eigenvalue weighted by Crippen LogP contribution is -2.50. The zero-order valence-corrected chi connectivity index (χ0v) is 16.5. The van der Waals surface area contributed by atoms with Crippen molar-refractivity contribution in [1.29, 1.82) is 0 Å². The Labute approximate surface area is 173 Å². The van der Waals surface area contributed by atoms with Crippen molar-refractivity contribution in [3.8, 4) is 0 Å². The predicted molar refractivity (Wildman–Crippen MR) is 109 cm³/mol. The van der Waals surface area contributed by atoms with E-state index in [9.17, 15) is 19.1 Å². The van der Waals surface area contributed by atoms with Crippen molar-refractivity contribution >= 4 is 11.8 Å². The summed E-state index contributed by atoms with van der Waals surface area (Å²) in [7, 11) is 0. The fourth-order valence-electron chi connectivity index (χ4n) is 2.99. The average Bonchev–Trinajstić information content (AvgIpc) is 3.28. The van der Waals surface area contributed by atoms with Gasteiger partial charge < -0.3 is 20.2 Å². The van der Waals surface area contributed by atoms with Crippen molar-refractivity contribution in [2.24, 2.45) is 0 Å². The van der Waals surface area contributed by atoms with Gasteiger partial charge in [0.1, 0.15) is 17.5 Å². The summed E-state index contributed by atoms with van der Waals surface area (Å²) in [6, 6.07) is 16.9. The Kier molecular flexibility index (Phi) is 6.64. The number of amides is 2. The normalized spacial score (nSPS) is 13.8. The molecule has 0 bridgehead atoms. The van der Waals surface area contributed by atoms with Gasteiger partial charge in [0.2, 0.25) is 5.91 Å². The van der Waals surface area contributed by atoms with Crippen LogP contribution in [0, 0.1) is 5.82 Å². The molecule has 30 heavy (non-hydrogen) atoms. The summed E-state index contributed by atoms with van der Waals surface area (Å²) in [6.07, 6.45) is 1.64. The molecule has 0 saturated heterocycles. The third kappa shape index (κ3) is 5.55. The Morgan fingerprint density at radius 3 is 2.40 bits per heavy atom. The van der Waals surface area contributed by atoms with E-state index in [0.717, 1.165) is 5.56 Å². The van der Waals surface area contributed by atoms with Crippen LogP contribution in [0.2, 0.25) is 0 Å². The van der Waals surface area contributed by atoms with Crippen LogP contribution in [0.15, 0.2) is 77.4 Å². The topological polar surface area (TPSA) is 91.6 Å². The van der Waals surface area contributed by atoms with E-state index in [-0.39, 0.29) is 18.7 Å². The molecule has 0 aliphatic carbocycles. The van der Waals surface area contributed by atoms with Crippen LogP contribution in [-0.2, 0) is 16.8 Å². The van der Waals surface area contributed by atoms with Gasteiger partial charge in [-0.25, -0.2) is 4.39 Å². The number of halogens is 1. The highest BCUT2D eigenvalue weighted by Crippen LogP contribution is 2.20. The number of furan rings is 1. The summed E-state index contributed by atoms with van der Waals surface area (Å²) in [5.41, 5.74) is -0.0859. The van der Waals surface area contributed by atoms with Gasteiger partial charge in [-0.05, 0) is 42.3 Å². The lowest BCUT2D eigenvalue weighted by atomic mass is 9.95. The van der Waals surface area contributed by atoms with Crippen LogP contribution < -0.4 is 10.6 Å². The van der Waals surface area contributed by atoms with Crippen molar-refractivity contribution in [2.45, 2.75) is 25.0 Å². The largest absolute Gasteiger partial charge is 0.459 e. The van der Waals surface area contributed by atoms with E-state index in [1.807, 2.05) is 30.3 Å². The lowest BCUT2D eigenvalue weighted by Gasteiger charge is -2.26. The third-order valence-corrected chi connectivity index (χ3v) is 4.72. The molecule has 0 aliphatic heterocycles. The number of benzene rings is 2. The highest BCUT2D eigenvalue weighted by atomic mass is 19.1. The number of hydrogen-bond acceptors (Lipinski definition) is 4. The average molecular weight is 410 g/mol. The molecule has 0 aliphatic rings. The smallest absolute Gasteiger partial charge is 0.287 e. The van der Waals surface area contributed by atoms with E-state index in [0.29, 0.717) is 5.56 Å². The second-order valence-electron chi connectivity index (χ2n) is 7.19. The molecule has 3 N–H and O–H groups in total. The second-order valence-corrected chi connectivity index (χ2v) is 7.19. The van der Waals surface area contributed by atoms with E-state index in [2.05, 4.69) is 10.6 Å². The van der Waals surface area contributed by atoms with Crippen LogP contribution >= 0.6 is 0 Å². The molecule has 2 amide bonds. The standard InChI is InChI=1S/C23H23FN2O4/c1-23(29,17-9-11-18(24)12-10-17)15-25-21(27)19(14-16-6-3-2-4-7-16)26-22(28)20-8-5-13-30-20/h2-13,19,29H,14-15H2,1H3,(H,25,27)(H,26,28)/t19-,23+/m1/s1. The van der Waals surface area contributed by atoms with Crippen molar-refractivity contribution in [1.82, 2.24) is 10.6 Å². The minimum Gasteiger partial charge on any atom is -0.459 e. The Morgan fingerprint density at radius 2 is 1.77 bits per heavy atom. The number of aliphatic hydroxyl groups is 1. The molecule has 3 aromatic rings. The molecule has 0 radical (unpaired) electrons. The second kappa shape index (κ2) is 9.37. The summed E-state index contributed by atoms with van der Waals surface area (Å²) in [5, 5.41) is 16.0. The van der Waals surface area contributed by atoms with Crippen LogP contribution in [0.4, 0.5) is 4.39 Å². The zero-order valence-electron chi connectivity index (χ0n) is 16.5. The van der Waals surface area contributed by atoms with Gasteiger partial charge in [-0.1, -0.05) is 42.5 Å². The molecule has 7 heteroatoms.